The van der Waals surface area contributed by atoms with Gasteiger partial charge in [-0.3, -0.25) is 9.59 Å². The highest BCUT2D eigenvalue weighted by atomic mass is 19.1. The largest absolute Gasteiger partial charge is 0.480 e. The van der Waals surface area contributed by atoms with Crippen molar-refractivity contribution in [3.63, 3.8) is 0 Å². The molecule has 1 amide bonds. The second-order valence-electron chi connectivity index (χ2n) is 6.50. The lowest BCUT2D eigenvalue weighted by atomic mass is 9.94. The summed E-state index contributed by atoms with van der Waals surface area (Å²) in [7, 11) is 1.47. The van der Waals surface area contributed by atoms with Gasteiger partial charge in [-0.2, -0.15) is 0 Å². The minimum absolute atomic E-state index is 0.0171. The Morgan fingerprint density at radius 1 is 1.35 bits per heavy atom. The van der Waals surface area contributed by atoms with Crippen molar-refractivity contribution in [1.29, 1.82) is 0 Å². The van der Waals surface area contributed by atoms with Gasteiger partial charge in [0.15, 0.2) is 0 Å². The number of benzene rings is 1. The predicted molar refractivity (Wildman–Crippen MR) is 84.3 cm³/mol. The third kappa shape index (κ3) is 5.03. The second kappa shape index (κ2) is 7.55. The number of carbonyl (C=O) groups is 2. The van der Waals surface area contributed by atoms with Gasteiger partial charge in [-0.25, -0.2) is 4.39 Å². The van der Waals surface area contributed by atoms with E-state index in [0.717, 1.165) is 0 Å². The summed E-state index contributed by atoms with van der Waals surface area (Å²) < 4.78 is 19.3. The highest BCUT2D eigenvalue weighted by molar-refractivity contribution is 5.85. The molecule has 0 aromatic heterocycles. The van der Waals surface area contributed by atoms with Gasteiger partial charge in [0, 0.05) is 24.6 Å². The van der Waals surface area contributed by atoms with Crippen molar-refractivity contribution in [3.05, 3.63) is 35.1 Å². The number of aliphatic carboxylic acids is 1. The number of carbonyl (C=O) groups excluding carboxylic acids is 1. The number of rotatable bonds is 6. The average Bonchev–Trinajstić information content (AvgIpc) is 2.43. The third-order valence-electron chi connectivity index (χ3n) is 3.52. The van der Waals surface area contributed by atoms with E-state index >= 15 is 0 Å². The van der Waals surface area contributed by atoms with Crippen LogP contribution in [0.25, 0.3) is 0 Å². The Labute approximate surface area is 136 Å². The molecule has 0 aliphatic carbocycles. The molecule has 23 heavy (non-hydrogen) atoms. The van der Waals surface area contributed by atoms with E-state index in [1.165, 1.54) is 24.1 Å². The first-order valence-electron chi connectivity index (χ1n) is 7.39. The first-order chi connectivity index (χ1) is 10.6. The minimum Gasteiger partial charge on any atom is -0.480 e. The first-order valence-corrected chi connectivity index (χ1v) is 7.39. The van der Waals surface area contributed by atoms with Crippen LogP contribution in [0.2, 0.25) is 0 Å². The molecule has 0 heterocycles. The lowest BCUT2D eigenvalue weighted by Gasteiger charge is -2.29. The molecule has 0 aliphatic rings. The summed E-state index contributed by atoms with van der Waals surface area (Å²) >= 11 is 0. The van der Waals surface area contributed by atoms with Crippen LogP contribution in [-0.2, 0) is 20.9 Å². The van der Waals surface area contributed by atoms with Crippen LogP contribution in [0, 0.1) is 11.2 Å². The molecule has 0 aliphatic heterocycles. The summed E-state index contributed by atoms with van der Waals surface area (Å²) in [6, 6.07) is 4.54. The Kier molecular flexibility index (Phi) is 6.27. The molecule has 0 bridgehead atoms. The van der Waals surface area contributed by atoms with Gasteiger partial charge in [0.05, 0.1) is 6.10 Å². The second-order valence-corrected chi connectivity index (χ2v) is 6.50. The maximum Gasteiger partial charge on any atom is 0.323 e. The van der Waals surface area contributed by atoms with E-state index in [1.807, 2.05) is 0 Å². The van der Waals surface area contributed by atoms with Crippen molar-refractivity contribution < 1.29 is 23.8 Å². The third-order valence-corrected chi connectivity index (χ3v) is 3.52. The Hall–Kier alpha value is -1.95. The molecule has 0 saturated carbocycles. The number of halogens is 1. The monoisotopic (exact) mass is 325 g/mol. The number of methoxy groups -OCH3 is 1. The van der Waals surface area contributed by atoms with E-state index in [4.69, 9.17) is 9.84 Å². The number of ether oxygens (including phenoxy) is 1. The molecule has 1 N–H and O–H groups in total. The van der Waals surface area contributed by atoms with Crippen LogP contribution >= 0.6 is 0 Å². The topological polar surface area (TPSA) is 66.8 Å². The standard InChI is InChI=1S/C17H24FNO4/c1-11(23-5)15-12(7-6-8-13(15)18)9-19(10-14(20)21)16(22)17(2,3)4/h6-8,11H,9-10H2,1-5H3,(H,20,21). The molecule has 1 rings (SSSR count). The van der Waals surface area contributed by atoms with Crippen LogP contribution in [0.1, 0.15) is 44.9 Å². The van der Waals surface area contributed by atoms with Gasteiger partial charge in [0.2, 0.25) is 5.91 Å². The predicted octanol–water partition coefficient (Wildman–Crippen LogP) is 2.99. The molecule has 0 radical (unpaired) electrons. The van der Waals surface area contributed by atoms with Gasteiger partial charge in [-0.1, -0.05) is 32.9 Å². The molecule has 1 unspecified atom stereocenters. The Morgan fingerprint density at radius 3 is 2.43 bits per heavy atom. The van der Waals surface area contributed by atoms with E-state index < -0.39 is 29.9 Å². The van der Waals surface area contributed by atoms with Crippen LogP contribution in [-0.4, -0.2) is 35.5 Å². The number of hydrogen-bond donors (Lipinski definition) is 1. The van der Waals surface area contributed by atoms with Crippen LogP contribution in [0.5, 0.6) is 0 Å². The Bertz CT molecular complexity index is 580. The van der Waals surface area contributed by atoms with Gasteiger partial charge in [-0.15, -0.1) is 0 Å². The van der Waals surface area contributed by atoms with Crippen LogP contribution in [0.15, 0.2) is 18.2 Å². The number of hydrogen-bond acceptors (Lipinski definition) is 3. The Balaban J connectivity index is 3.21. The fourth-order valence-electron chi connectivity index (χ4n) is 2.34. The average molecular weight is 325 g/mol. The van der Waals surface area contributed by atoms with Crippen molar-refractivity contribution in [2.45, 2.75) is 40.3 Å². The van der Waals surface area contributed by atoms with Crippen molar-refractivity contribution >= 4 is 11.9 Å². The number of carboxylic acids is 1. The van der Waals surface area contributed by atoms with Crippen LogP contribution < -0.4 is 0 Å². The molecule has 0 spiro atoms. The molecule has 1 aromatic carbocycles. The summed E-state index contributed by atoms with van der Waals surface area (Å²) in [5.74, 6) is -1.85. The van der Waals surface area contributed by atoms with Crippen LogP contribution in [0.4, 0.5) is 4.39 Å². The summed E-state index contributed by atoms with van der Waals surface area (Å²) in [6.07, 6.45) is -0.498. The van der Waals surface area contributed by atoms with Crippen molar-refractivity contribution in [3.8, 4) is 0 Å². The quantitative estimate of drug-likeness (QED) is 0.873. The molecule has 1 aromatic rings. The van der Waals surface area contributed by atoms with Crippen LogP contribution in [0.3, 0.4) is 0 Å². The zero-order chi connectivity index (χ0) is 17.8. The SMILES string of the molecule is COC(C)c1c(F)cccc1CN(CC(=O)O)C(=O)C(C)(C)C. The van der Waals surface area contributed by atoms with Crippen molar-refractivity contribution in [2.75, 3.05) is 13.7 Å². The molecule has 6 heteroatoms. The molecule has 5 nitrogen and oxygen atoms in total. The molecule has 0 saturated heterocycles. The molecule has 128 valence electrons. The van der Waals surface area contributed by atoms with Gasteiger partial charge in [0.25, 0.3) is 0 Å². The Morgan fingerprint density at radius 2 is 1.96 bits per heavy atom. The van der Waals surface area contributed by atoms with E-state index in [2.05, 4.69) is 0 Å². The van der Waals surface area contributed by atoms with Gasteiger partial charge < -0.3 is 14.7 Å². The summed E-state index contributed by atoms with van der Waals surface area (Å²) in [4.78, 5) is 24.8. The highest BCUT2D eigenvalue weighted by Crippen LogP contribution is 2.26. The smallest absolute Gasteiger partial charge is 0.323 e. The lowest BCUT2D eigenvalue weighted by molar-refractivity contribution is -0.148. The molecule has 0 fully saturated rings. The van der Waals surface area contributed by atoms with Crippen molar-refractivity contribution in [1.82, 2.24) is 4.90 Å². The highest BCUT2D eigenvalue weighted by Gasteiger charge is 2.29. The maximum absolute atomic E-state index is 14.1. The van der Waals surface area contributed by atoms with E-state index in [0.29, 0.717) is 11.1 Å². The van der Waals surface area contributed by atoms with Gasteiger partial charge in [-0.05, 0) is 18.6 Å². The summed E-state index contributed by atoms with van der Waals surface area (Å²) in [5.41, 5.74) is 0.154. The number of carboxylic acid groups (broad SMARTS) is 1. The van der Waals surface area contributed by atoms with E-state index in [9.17, 15) is 14.0 Å². The maximum atomic E-state index is 14.1. The lowest BCUT2D eigenvalue weighted by Crippen LogP contribution is -2.42. The summed E-state index contributed by atoms with van der Waals surface area (Å²) in [6.45, 7) is 6.43. The fourth-order valence-corrected chi connectivity index (χ4v) is 2.34. The number of amides is 1. The molecule has 1 atom stereocenters. The zero-order valence-electron chi connectivity index (χ0n) is 14.2. The van der Waals surface area contributed by atoms with Gasteiger partial charge in [0.1, 0.15) is 12.4 Å². The molecular weight excluding hydrogens is 301 g/mol. The normalized spacial score (nSPS) is 12.8. The van der Waals surface area contributed by atoms with E-state index in [1.54, 1.807) is 33.8 Å². The molecular formula is C17H24FNO4. The van der Waals surface area contributed by atoms with Gasteiger partial charge >= 0.3 is 5.97 Å². The summed E-state index contributed by atoms with van der Waals surface area (Å²) in [5, 5.41) is 9.06. The zero-order valence-corrected chi connectivity index (χ0v) is 14.2. The fraction of sp³-hybridized carbons (Fsp3) is 0.529. The number of nitrogens with zero attached hydrogens (tertiary/aromatic N) is 1. The first kappa shape index (κ1) is 19.1. The van der Waals surface area contributed by atoms with Crippen molar-refractivity contribution in [2.24, 2.45) is 5.41 Å². The minimum atomic E-state index is -1.11. The van der Waals surface area contributed by atoms with E-state index in [-0.39, 0.29) is 12.5 Å².